The Morgan fingerprint density at radius 3 is 2.23 bits per heavy atom. The molecule has 1 heterocycles. The van der Waals surface area contributed by atoms with Crippen LogP contribution in [0.4, 0.5) is 0 Å². The molecular formula is C38H39NO4. The Kier molecular flexibility index (Phi) is 7.42. The zero-order valence-electron chi connectivity index (χ0n) is 24.8. The Hall–Kier alpha value is -4.12. The maximum absolute atomic E-state index is 13.7. The van der Waals surface area contributed by atoms with E-state index in [1.54, 1.807) is 24.3 Å². The highest BCUT2D eigenvalue weighted by Gasteiger charge is 2.50. The monoisotopic (exact) mass is 573 g/mol. The fourth-order valence-corrected chi connectivity index (χ4v) is 8.54. The van der Waals surface area contributed by atoms with Crippen LogP contribution in [0.25, 0.3) is 11.3 Å². The van der Waals surface area contributed by atoms with Crippen LogP contribution in [0, 0.1) is 30.1 Å². The zero-order chi connectivity index (χ0) is 29.4. The van der Waals surface area contributed by atoms with Gasteiger partial charge < -0.3 is 14.5 Å². The maximum Gasteiger partial charge on any atom is 0.345 e. The van der Waals surface area contributed by atoms with Gasteiger partial charge in [-0.2, -0.15) is 0 Å². The van der Waals surface area contributed by atoms with Crippen molar-refractivity contribution in [3.63, 3.8) is 0 Å². The molecule has 4 fully saturated rings. The molecule has 0 atom stereocenters. The standard InChI is InChI=1S/C38H39NO4/c1-25-8-5-6-13-32(25)35-20-33(34(39-35)14-15-38-21-27-16-28(22-38)18-29(17-27)23-38)37(41)43-31-12-7-11-30(19-31)36(40)42-24-26-9-3-2-4-10-26/h2-13,19-20,27-29,39H,14-18,21-24H2,1H3. The van der Waals surface area contributed by atoms with Gasteiger partial charge in [0.25, 0.3) is 0 Å². The van der Waals surface area contributed by atoms with E-state index in [4.69, 9.17) is 9.47 Å². The summed E-state index contributed by atoms with van der Waals surface area (Å²) in [5, 5.41) is 0. The van der Waals surface area contributed by atoms with Crippen LogP contribution in [0.2, 0.25) is 0 Å². The summed E-state index contributed by atoms with van der Waals surface area (Å²) in [7, 11) is 0. The van der Waals surface area contributed by atoms with Gasteiger partial charge in [-0.15, -0.1) is 0 Å². The third-order valence-corrected chi connectivity index (χ3v) is 10.1. The average Bonchev–Trinajstić information content (AvgIpc) is 3.43. The first-order valence-electron chi connectivity index (χ1n) is 15.7. The van der Waals surface area contributed by atoms with Crippen LogP contribution < -0.4 is 4.74 Å². The summed E-state index contributed by atoms with van der Waals surface area (Å²) in [5.41, 5.74) is 6.35. The first-order chi connectivity index (χ1) is 20.9. The molecule has 3 aromatic carbocycles. The van der Waals surface area contributed by atoms with E-state index in [0.717, 1.165) is 58.7 Å². The molecule has 1 N–H and O–H groups in total. The molecule has 4 aromatic rings. The Bertz CT molecular complexity index is 1600. The predicted molar refractivity (Wildman–Crippen MR) is 167 cm³/mol. The molecule has 0 spiro atoms. The number of carbonyl (C=O) groups is 2. The normalized spacial score (nSPS) is 23.7. The minimum atomic E-state index is -0.457. The minimum absolute atomic E-state index is 0.182. The van der Waals surface area contributed by atoms with Gasteiger partial charge in [0.15, 0.2) is 0 Å². The van der Waals surface area contributed by atoms with E-state index < -0.39 is 11.9 Å². The molecule has 43 heavy (non-hydrogen) atoms. The first kappa shape index (κ1) is 27.7. The van der Waals surface area contributed by atoms with Crippen LogP contribution in [0.5, 0.6) is 5.75 Å². The van der Waals surface area contributed by atoms with Crippen molar-refractivity contribution in [2.75, 3.05) is 0 Å². The van der Waals surface area contributed by atoms with Crippen molar-refractivity contribution in [1.29, 1.82) is 0 Å². The Morgan fingerprint density at radius 1 is 0.814 bits per heavy atom. The van der Waals surface area contributed by atoms with Gasteiger partial charge >= 0.3 is 11.9 Å². The summed E-state index contributed by atoms with van der Waals surface area (Å²) in [5.74, 6) is 2.15. The minimum Gasteiger partial charge on any atom is -0.457 e. The summed E-state index contributed by atoms with van der Waals surface area (Å²) in [6.07, 6.45) is 10.2. The van der Waals surface area contributed by atoms with Gasteiger partial charge in [-0.3, -0.25) is 0 Å². The molecule has 5 nitrogen and oxygen atoms in total. The molecule has 4 aliphatic rings. The number of hydrogen-bond acceptors (Lipinski definition) is 4. The largest absolute Gasteiger partial charge is 0.457 e. The molecule has 0 radical (unpaired) electrons. The number of H-pyrrole nitrogens is 1. The van der Waals surface area contributed by atoms with Crippen molar-refractivity contribution in [2.45, 2.75) is 64.9 Å². The fourth-order valence-electron chi connectivity index (χ4n) is 8.54. The Morgan fingerprint density at radius 2 is 1.51 bits per heavy atom. The van der Waals surface area contributed by atoms with Crippen LogP contribution in [-0.4, -0.2) is 16.9 Å². The summed E-state index contributed by atoms with van der Waals surface area (Å²) in [6.45, 7) is 2.27. The van der Waals surface area contributed by atoms with Crippen molar-refractivity contribution in [2.24, 2.45) is 23.2 Å². The number of benzene rings is 3. The lowest BCUT2D eigenvalue weighted by atomic mass is 9.48. The second kappa shape index (κ2) is 11.5. The number of nitrogens with one attached hydrogen (secondary N) is 1. The van der Waals surface area contributed by atoms with E-state index in [9.17, 15) is 9.59 Å². The first-order valence-corrected chi connectivity index (χ1v) is 15.7. The molecule has 4 aliphatic carbocycles. The summed E-state index contributed by atoms with van der Waals surface area (Å²) in [6, 6.07) is 26.4. The van der Waals surface area contributed by atoms with E-state index in [1.807, 2.05) is 48.5 Å². The second-order valence-corrected chi connectivity index (χ2v) is 13.3. The van der Waals surface area contributed by atoms with E-state index in [2.05, 4.69) is 24.0 Å². The van der Waals surface area contributed by atoms with Crippen molar-refractivity contribution in [3.8, 4) is 17.0 Å². The van der Waals surface area contributed by atoms with Gasteiger partial charge in [0, 0.05) is 17.0 Å². The topological polar surface area (TPSA) is 68.4 Å². The number of aromatic amines is 1. The highest BCUT2D eigenvalue weighted by atomic mass is 16.5. The number of carbonyl (C=O) groups excluding carboxylic acids is 2. The fraction of sp³-hybridized carbons (Fsp3) is 0.368. The lowest BCUT2D eigenvalue weighted by Crippen LogP contribution is -2.46. The van der Waals surface area contributed by atoms with E-state index in [0.29, 0.717) is 22.3 Å². The highest BCUT2D eigenvalue weighted by molar-refractivity contribution is 5.95. The Balaban J connectivity index is 1.10. The molecule has 0 amide bonds. The highest BCUT2D eigenvalue weighted by Crippen LogP contribution is 2.61. The smallest absolute Gasteiger partial charge is 0.345 e. The summed E-state index contributed by atoms with van der Waals surface area (Å²) in [4.78, 5) is 30.1. The number of aryl methyl sites for hydroxylation is 2. The maximum atomic E-state index is 13.7. The van der Waals surface area contributed by atoms with Crippen LogP contribution in [-0.2, 0) is 17.8 Å². The third kappa shape index (κ3) is 5.90. The molecule has 0 saturated heterocycles. The number of rotatable bonds is 9. The van der Waals surface area contributed by atoms with E-state index in [1.165, 1.54) is 38.5 Å². The van der Waals surface area contributed by atoms with Crippen LogP contribution in [0.3, 0.4) is 0 Å². The third-order valence-electron chi connectivity index (χ3n) is 10.1. The molecule has 8 rings (SSSR count). The van der Waals surface area contributed by atoms with Crippen molar-refractivity contribution in [3.05, 3.63) is 113 Å². The van der Waals surface area contributed by atoms with Gasteiger partial charge in [-0.25, -0.2) is 9.59 Å². The second-order valence-electron chi connectivity index (χ2n) is 13.3. The molecule has 1 aromatic heterocycles. The van der Waals surface area contributed by atoms with Gasteiger partial charge in [-0.1, -0.05) is 60.7 Å². The lowest BCUT2D eigenvalue weighted by Gasteiger charge is -2.57. The molecule has 4 saturated carbocycles. The molecule has 4 bridgehead atoms. The van der Waals surface area contributed by atoms with Crippen molar-refractivity contribution < 1.29 is 19.1 Å². The quantitative estimate of drug-likeness (QED) is 0.161. The summed E-state index contributed by atoms with van der Waals surface area (Å²) < 4.78 is 11.4. The lowest BCUT2D eigenvalue weighted by molar-refractivity contribution is -0.0570. The van der Waals surface area contributed by atoms with Crippen LogP contribution in [0.1, 0.15) is 82.5 Å². The predicted octanol–water partition coefficient (Wildman–Crippen LogP) is 8.72. The number of hydrogen-bond donors (Lipinski definition) is 1. The number of esters is 2. The SMILES string of the molecule is Cc1ccccc1-c1cc(C(=O)Oc2cccc(C(=O)OCc3ccccc3)c2)c(CCC23CC4CC(CC(C4)C2)C3)[nH]1. The van der Waals surface area contributed by atoms with Crippen molar-refractivity contribution >= 4 is 11.9 Å². The molecule has 220 valence electrons. The van der Waals surface area contributed by atoms with Gasteiger partial charge in [0.2, 0.25) is 0 Å². The molecule has 0 aliphatic heterocycles. The van der Waals surface area contributed by atoms with E-state index in [-0.39, 0.29) is 6.61 Å². The summed E-state index contributed by atoms with van der Waals surface area (Å²) >= 11 is 0. The average molecular weight is 574 g/mol. The number of ether oxygens (including phenoxy) is 2. The van der Waals surface area contributed by atoms with Gasteiger partial charge in [-0.05, 0) is 117 Å². The van der Waals surface area contributed by atoms with Gasteiger partial charge in [0.05, 0.1) is 11.1 Å². The van der Waals surface area contributed by atoms with Crippen LogP contribution in [0.15, 0.2) is 84.9 Å². The Labute approximate surface area is 253 Å². The zero-order valence-corrected chi connectivity index (χ0v) is 24.8. The van der Waals surface area contributed by atoms with Crippen LogP contribution >= 0.6 is 0 Å². The number of aromatic nitrogens is 1. The van der Waals surface area contributed by atoms with Gasteiger partial charge in [0.1, 0.15) is 12.4 Å². The molecule has 5 heteroatoms. The molecule has 0 unspecified atom stereocenters. The van der Waals surface area contributed by atoms with E-state index >= 15 is 0 Å². The molecular weight excluding hydrogens is 534 g/mol. The van der Waals surface area contributed by atoms with Crippen molar-refractivity contribution in [1.82, 2.24) is 4.98 Å².